The second kappa shape index (κ2) is 5.40. The first-order valence-corrected chi connectivity index (χ1v) is 6.31. The largest absolute Gasteiger partial charge is 0.496 e. The van der Waals surface area contributed by atoms with Gasteiger partial charge in [-0.15, -0.1) is 0 Å². The molecule has 4 nitrogen and oxygen atoms in total. The van der Waals surface area contributed by atoms with Crippen molar-refractivity contribution in [3.63, 3.8) is 0 Å². The minimum absolute atomic E-state index is 0.0494. The number of ether oxygens (including phenoxy) is 1. The molecule has 0 spiro atoms. The SMILES string of the molecule is COc1ccccc1C(=O)N1CC(C)NCC1C. The van der Waals surface area contributed by atoms with E-state index in [-0.39, 0.29) is 11.9 Å². The molecule has 1 saturated heterocycles. The molecule has 1 aromatic rings. The third kappa shape index (κ3) is 2.48. The second-order valence-electron chi connectivity index (χ2n) is 4.82. The molecule has 0 saturated carbocycles. The van der Waals surface area contributed by atoms with Gasteiger partial charge in [0.2, 0.25) is 0 Å². The fourth-order valence-corrected chi connectivity index (χ4v) is 2.28. The van der Waals surface area contributed by atoms with Gasteiger partial charge in [0, 0.05) is 25.2 Å². The Kier molecular flexibility index (Phi) is 3.87. The molecular weight excluding hydrogens is 228 g/mol. The van der Waals surface area contributed by atoms with Gasteiger partial charge in [0.1, 0.15) is 5.75 Å². The van der Waals surface area contributed by atoms with Crippen molar-refractivity contribution in [3.8, 4) is 5.75 Å². The first-order valence-electron chi connectivity index (χ1n) is 6.31. The Morgan fingerprint density at radius 2 is 2.11 bits per heavy atom. The molecule has 4 heteroatoms. The third-order valence-corrected chi connectivity index (χ3v) is 3.36. The van der Waals surface area contributed by atoms with Crippen LogP contribution < -0.4 is 10.1 Å². The molecule has 1 aliphatic heterocycles. The molecule has 1 aromatic carbocycles. The molecule has 98 valence electrons. The normalized spacial score (nSPS) is 23.8. The summed E-state index contributed by atoms with van der Waals surface area (Å²) in [6.45, 7) is 5.72. The number of benzene rings is 1. The topological polar surface area (TPSA) is 41.6 Å². The molecule has 0 bridgehead atoms. The average Bonchev–Trinajstić information content (AvgIpc) is 2.40. The highest BCUT2D eigenvalue weighted by Crippen LogP contribution is 2.21. The number of para-hydroxylation sites is 1. The molecule has 1 amide bonds. The van der Waals surface area contributed by atoms with Crippen LogP contribution in [0, 0.1) is 0 Å². The molecule has 0 aromatic heterocycles. The van der Waals surface area contributed by atoms with Gasteiger partial charge in [-0.05, 0) is 26.0 Å². The summed E-state index contributed by atoms with van der Waals surface area (Å²) in [6.07, 6.45) is 0. The van der Waals surface area contributed by atoms with Gasteiger partial charge in [0.05, 0.1) is 12.7 Å². The Bertz CT molecular complexity index is 434. The van der Waals surface area contributed by atoms with Crippen LogP contribution in [0.3, 0.4) is 0 Å². The summed E-state index contributed by atoms with van der Waals surface area (Å²) in [7, 11) is 1.59. The predicted molar refractivity (Wildman–Crippen MR) is 71.0 cm³/mol. The Balaban J connectivity index is 2.24. The number of methoxy groups -OCH3 is 1. The van der Waals surface area contributed by atoms with Crippen LogP contribution in [0.2, 0.25) is 0 Å². The average molecular weight is 248 g/mol. The zero-order valence-electron chi connectivity index (χ0n) is 11.1. The van der Waals surface area contributed by atoms with E-state index in [0.29, 0.717) is 17.4 Å². The Morgan fingerprint density at radius 1 is 1.39 bits per heavy atom. The number of carbonyl (C=O) groups excluding carboxylic acids is 1. The first-order chi connectivity index (χ1) is 8.63. The van der Waals surface area contributed by atoms with Gasteiger partial charge in [-0.1, -0.05) is 12.1 Å². The van der Waals surface area contributed by atoms with Crippen LogP contribution in [0.25, 0.3) is 0 Å². The standard InChI is InChI=1S/C14H20N2O2/c1-10-9-16(11(2)8-15-10)14(17)12-6-4-5-7-13(12)18-3/h4-7,10-11,15H,8-9H2,1-3H3. The minimum Gasteiger partial charge on any atom is -0.496 e. The summed E-state index contributed by atoms with van der Waals surface area (Å²) in [4.78, 5) is 14.5. The zero-order chi connectivity index (χ0) is 13.1. The van der Waals surface area contributed by atoms with Gasteiger partial charge in [0.15, 0.2) is 0 Å². The van der Waals surface area contributed by atoms with Crippen LogP contribution in [-0.2, 0) is 0 Å². The van der Waals surface area contributed by atoms with E-state index < -0.39 is 0 Å². The maximum atomic E-state index is 12.6. The molecule has 2 atom stereocenters. The molecule has 1 aliphatic rings. The van der Waals surface area contributed by atoms with Crippen molar-refractivity contribution in [2.45, 2.75) is 25.9 Å². The van der Waals surface area contributed by atoms with E-state index >= 15 is 0 Å². The lowest BCUT2D eigenvalue weighted by Crippen LogP contribution is -2.56. The molecule has 2 unspecified atom stereocenters. The van der Waals surface area contributed by atoms with Gasteiger partial charge in [0.25, 0.3) is 5.91 Å². The van der Waals surface area contributed by atoms with E-state index in [1.807, 2.05) is 29.2 Å². The Morgan fingerprint density at radius 3 is 2.83 bits per heavy atom. The lowest BCUT2D eigenvalue weighted by Gasteiger charge is -2.37. The lowest BCUT2D eigenvalue weighted by atomic mass is 10.1. The Hall–Kier alpha value is -1.55. The number of carbonyl (C=O) groups is 1. The molecule has 2 rings (SSSR count). The van der Waals surface area contributed by atoms with Crippen molar-refractivity contribution in [1.29, 1.82) is 0 Å². The maximum Gasteiger partial charge on any atom is 0.257 e. The van der Waals surface area contributed by atoms with Crippen LogP contribution in [-0.4, -0.2) is 43.1 Å². The minimum atomic E-state index is 0.0494. The highest BCUT2D eigenvalue weighted by Gasteiger charge is 2.28. The number of nitrogens with zero attached hydrogens (tertiary/aromatic N) is 1. The van der Waals surface area contributed by atoms with Crippen molar-refractivity contribution >= 4 is 5.91 Å². The van der Waals surface area contributed by atoms with E-state index in [4.69, 9.17) is 4.74 Å². The summed E-state index contributed by atoms with van der Waals surface area (Å²) in [5.41, 5.74) is 0.640. The molecule has 1 heterocycles. The van der Waals surface area contributed by atoms with Crippen molar-refractivity contribution in [2.75, 3.05) is 20.2 Å². The first kappa shape index (κ1) is 12.9. The fourth-order valence-electron chi connectivity index (χ4n) is 2.28. The van der Waals surface area contributed by atoms with Crippen LogP contribution in [0.1, 0.15) is 24.2 Å². The lowest BCUT2D eigenvalue weighted by molar-refractivity contribution is 0.0613. The smallest absolute Gasteiger partial charge is 0.257 e. The van der Waals surface area contributed by atoms with Gasteiger partial charge in [-0.25, -0.2) is 0 Å². The number of amides is 1. The van der Waals surface area contributed by atoms with Crippen LogP contribution >= 0.6 is 0 Å². The van der Waals surface area contributed by atoms with Crippen molar-refractivity contribution in [3.05, 3.63) is 29.8 Å². The highest BCUT2D eigenvalue weighted by molar-refractivity contribution is 5.97. The monoisotopic (exact) mass is 248 g/mol. The number of nitrogens with one attached hydrogen (secondary N) is 1. The van der Waals surface area contributed by atoms with Crippen LogP contribution in [0.15, 0.2) is 24.3 Å². The van der Waals surface area contributed by atoms with Crippen LogP contribution in [0.4, 0.5) is 0 Å². The number of piperazine rings is 1. The highest BCUT2D eigenvalue weighted by atomic mass is 16.5. The molecule has 18 heavy (non-hydrogen) atoms. The quantitative estimate of drug-likeness (QED) is 0.862. The summed E-state index contributed by atoms with van der Waals surface area (Å²) < 4.78 is 5.26. The van der Waals surface area contributed by atoms with Crippen molar-refractivity contribution in [2.24, 2.45) is 0 Å². The molecule has 1 N–H and O–H groups in total. The predicted octanol–water partition coefficient (Wildman–Crippen LogP) is 1.52. The van der Waals surface area contributed by atoms with E-state index in [1.54, 1.807) is 7.11 Å². The maximum absolute atomic E-state index is 12.6. The number of hydrogen-bond acceptors (Lipinski definition) is 3. The molecule has 0 aliphatic carbocycles. The molecule has 1 fully saturated rings. The van der Waals surface area contributed by atoms with Gasteiger partial charge < -0.3 is 15.0 Å². The van der Waals surface area contributed by atoms with E-state index in [9.17, 15) is 4.79 Å². The van der Waals surface area contributed by atoms with Crippen molar-refractivity contribution < 1.29 is 9.53 Å². The van der Waals surface area contributed by atoms with Gasteiger partial charge in [-0.2, -0.15) is 0 Å². The van der Waals surface area contributed by atoms with Gasteiger partial charge in [-0.3, -0.25) is 4.79 Å². The Labute approximate surface area is 108 Å². The second-order valence-corrected chi connectivity index (χ2v) is 4.82. The summed E-state index contributed by atoms with van der Waals surface area (Å²) in [5, 5.41) is 3.37. The molecule has 0 radical (unpaired) electrons. The zero-order valence-corrected chi connectivity index (χ0v) is 11.1. The number of rotatable bonds is 2. The summed E-state index contributed by atoms with van der Waals surface area (Å²) in [5.74, 6) is 0.689. The van der Waals surface area contributed by atoms with E-state index in [2.05, 4.69) is 19.2 Å². The van der Waals surface area contributed by atoms with E-state index in [1.165, 1.54) is 0 Å². The fraction of sp³-hybridized carbons (Fsp3) is 0.500. The van der Waals surface area contributed by atoms with E-state index in [0.717, 1.165) is 13.1 Å². The van der Waals surface area contributed by atoms with Crippen molar-refractivity contribution in [1.82, 2.24) is 10.2 Å². The van der Waals surface area contributed by atoms with Crippen LogP contribution in [0.5, 0.6) is 5.75 Å². The number of hydrogen-bond donors (Lipinski definition) is 1. The third-order valence-electron chi connectivity index (χ3n) is 3.36. The summed E-state index contributed by atoms with van der Waals surface area (Å²) in [6, 6.07) is 7.92. The molecular formula is C14H20N2O2. The summed E-state index contributed by atoms with van der Waals surface area (Å²) >= 11 is 0. The van der Waals surface area contributed by atoms with Gasteiger partial charge >= 0.3 is 0 Å².